The SMILES string of the molecule is CCCCCCC1NCCC1O. The molecule has 0 aromatic carbocycles. The number of hydrogen-bond donors (Lipinski definition) is 2. The van der Waals surface area contributed by atoms with Gasteiger partial charge in [0, 0.05) is 6.04 Å². The van der Waals surface area contributed by atoms with Crippen molar-refractivity contribution in [2.24, 2.45) is 0 Å². The van der Waals surface area contributed by atoms with Gasteiger partial charge in [0.1, 0.15) is 0 Å². The second kappa shape index (κ2) is 5.55. The highest BCUT2D eigenvalue weighted by molar-refractivity contribution is 4.82. The Hall–Kier alpha value is -0.0800. The lowest BCUT2D eigenvalue weighted by molar-refractivity contribution is 0.154. The van der Waals surface area contributed by atoms with Gasteiger partial charge in [-0.2, -0.15) is 0 Å². The van der Waals surface area contributed by atoms with Gasteiger partial charge in [-0.3, -0.25) is 0 Å². The lowest BCUT2D eigenvalue weighted by Gasteiger charge is -2.13. The summed E-state index contributed by atoms with van der Waals surface area (Å²) < 4.78 is 0. The number of nitrogens with one attached hydrogen (secondary N) is 1. The number of aliphatic hydroxyl groups excluding tert-OH is 1. The van der Waals surface area contributed by atoms with Crippen molar-refractivity contribution in [3.63, 3.8) is 0 Å². The van der Waals surface area contributed by atoms with Crippen LogP contribution in [-0.4, -0.2) is 23.8 Å². The maximum absolute atomic E-state index is 9.48. The van der Waals surface area contributed by atoms with E-state index in [2.05, 4.69) is 12.2 Å². The summed E-state index contributed by atoms with van der Waals surface area (Å²) >= 11 is 0. The van der Waals surface area contributed by atoms with E-state index in [-0.39, 0.29) is 6.10 Å². The summed E-state index contributed by atoms with van der Waals surface area (Å²) in [7, 11) is 0. The van der Waals surface area contributed by atoms with Crippen molar-refractivity contribution in [1.82, 2.24) is 5.32 Å². The molecular formula is C10H21NO. The Balaban J connectivity index is 1.98. The van der Waals surface area contributed by atoms with E-state index >= 15 is 0 Å². The molecule has 2 nitrogen and oxygen atoms in total. The van der Waals surface area contributed by atoms with E-state index in [0.29, 0.717) is 6.04 Å². The summed E-state index contributed by atoms with van der Waals surface area (Å²) in [5, 5.41) is 12.8. The molecule has 1 fully saturated rings. The van der Waals surface area contributed by atoms with Gasteiger partial charge in [0.25, 0.3) is 0 Å². The van der Waals surface area contributed by atoms with Gasteiger partial charge in [-0.1, -0.05) is 32.6 Å². The Morgan fingerprint density at radius 1 is 1.33 bits per heavy atom. The lowest BCUT2D eigenvalue weighted by atomic mass is 10.0. The molecule has 1 rings (SSSR count). The number of hydrogen-bond acceptors (Lipinski definition) is 2. The molecule has 1 heterocycles. The van der Waals surface area contributed by atoms with Crippen LogP contribution in [0.4, 0.5) is 0 Å². The van der Waals surface area contributed by atoms with E-state index in [4.69, 9.17) is 0 Å². The normalized spacial score (nSPS) is 29.5. The molecule has 0 saturated carbocycles. The zero-order valence-corrected chi connectivity index (χ0v) is 8.05. The second-order valence-electron chi connectivity index (χ2n) is 3.77. The first-order valence-corrected chi connectivity index (χ1v) is 5.26. The minimum Gasteiger partial charge on any atom is -0.391 e. The maximum Gasteiger partial charge on any atom is 0.0705 e. The van der Waals surface area contributed by atoms with Crippen molar-refractivity contribution in [3.8, 4) is 0 Å². The molecule has 0 aliphatic carbocycles. The topological polar surface area (TPSA) is 32.3 Å². The van der Waals surface area contributed by atoms with Crippen LogP contribution in [0, 0.1) is 0 Å². The van der Waals surface area contributed by atoms with Crippen LogP contribution in [0.3, 0.4) is 0 Å². The molecule has 0 spiro atoms. The van der Waals surface area contributed by atoms with E-state index < -0.39 is 0 Å². The van der Waals surface area contributed by atoms with Crippen molar-refractivity contribution >= 4 is 0 Å². The van der Waals surface area contributed by atoms with Crippen LogP contribution in [0.1, 0.15) is 45.4 Å². The van der Waals surface area contributed by atoms with Gasteiger partial charge in [0.2, 0.25) is 0 Å². The van der Waals surface area contributed by atoms with E-state index in [0.717, 1.165) is 19.4 Å². The molecule has 12 heavy (non-hydrogen) atoms. The van der Waals surface area contributed by atoms with Crippen LogP contribution < -0.4 is 5.32 Å². The standard InChI is InChI=1S/C10H21NO/c1-2-3-4-5-6-9-10(12)7-8-11-9/h9-12H,2-8H2,1H3. The molecule has 0 aromatic heterocycles. The predicted octanol–water partition coefficient (Wildman–Crippen LogP) is 1.68. The summed E-state index contributed by atoms with van der Waals surface area (Å²) in [5.74, 6) is 0. The third-order valence-electron chi connectivity index (χ3n) is 2.68. The molecule has 2 atom stereocenters. The van der Waals surface area contributed by atoms with Gasteiger partial charge in [-0.05, 0) is 19.4 Å². The highest BCUT2D eigenvalue weighted by Crippen LogP contribution is 2.14. The molecule has 1 aliphatic heterocycles. The van der Waals surface area contributed by atoms with Gasteiger partial charge in [-0.15, -0.1) is 0 Å². The second-order valence-corrected chi connectivity index (χ2v) is 3.77. The fourth-order valence-electron chi connectivity index (χ4n) is 1.84. The summed E-state index contributed by atoms with van der Waals surface area (Å²) in [6.07, 6.45) is 7.24. The highest BCUT2D eigenvalue weighted by atomic mass is 16.3. The average molecular weight is 171 g/mol. The largest absolute Gasteiger partial charge is 0.391 e. The molecule has 1 aliphatic rings. The van der Waals surface area contributed by atoms with Crippen molar-refractivity contribution in [2.45, 2.75) is 57.6 Å². The molecule has 72 valence electrons. The molecule has 2 heteroatoms. The molecular weight excluding hydrogens is 150 g/mol. The Morgan fingerprint density at radius 2 is 2.17 bits per heavy atom. The molecule has 2 N–H and O–H groups in total. The molecule has 0 aromatic rings. The Morgan fingerprint density at radius 3 is 2.75 bits per heavy atom. The van der Waals surface area contributed by atoms with Crippen molar-refractivity contribution in [2.75, 3.05) is 6.54 Å². The van der Waals surface area contributed by atoms with E-state index in [9.17, 15) is 5.11 Å². The van der Waals surface area contributed by atoms with Gasteiger partial charge < -0.3 is 10.4 Å². The average Bonchev–Trinajstić information content (AvgIpc) is 2.46. The van der Waals surface area contributed by atoms with Crippen LogP contribution in [-0.2, 0) is 0 Å². The highest BCUT2D eigenvalue weighted by Gasteiger charge is 2.23. The van der Waals surface area contributed by atoms with Gasteiger partial charge >= 0.3 is 0 Å². The third kappa shape index (κ3) is 3.11. The predicted molar refractivity (Wildman–Crippen MR) is 51.2 cm³/mol. The summed E-state index contributed by atoms with van der Waals surface area (Å²) in [6.45, 7) is 3.22. The number of rotatable bonds is 5. The first kappa shape index (κ1) is 10.0. The summed E-state index contributed by atoms with van der Waals surface area (Å²) in [5.41, 5.74) is 0. The van der Waals surface area contributed by atoms with Crippen molar-refractivity contribution in [3.05, 3.63) is 0 Å². The Kier molecular flexibility index (Phi) is 4.62. The monoisotopic (exact) mass is 171 g/mol. The van der Waals surface area contributed by atoms with Gasteiger partial charge in [0.15, 0.2) is 0 Å². The van der Waals surface area contributed by atoms with Crippen LogP contribution in [0.15, 0.2) is 0 Å². The molecule has 2 unspecified atom stereocenters. The Labute approximate surface area is 75.4 Å². The molecule has 0 radical (unpaired) electrons. The van der Waals surface area contributed by atoms with Crippen LogP contribution in [0.25, 0.3) is 0 Å². The fraction of sp³-hybridized carbons (Fsp3) is 1.00. The molecule has 1 saturated heterocycles. The molecule has 0 bridgehead atoms. The van der Waals surface area contributed by atoms with E-state index in [1.807, 2.05) is 0 Å². The van der Waals surface area contributed by atoms with Crippen molar-refractivity contribution in [1.29, 1.82) is 0 Å². The van der Waals surface area contributed by atoms with Crippen molar-refractivity contribution < 1.29 is 5.11 Å². The lowest BCUT2D eigenvalue weighted by Crippen LogP contribution is -2.29. The van der Waals surface area contributed by atoms with E-state index in [1.54, 1.807) is 0 Å². The van der Waals surface area contributed by atoms with Crippen LogP contribution >= 0.6 is 0 Å². The van der Waals surface area contributed by atoms with Gasteiger partial charge in [-0.25, -0.2) is 0 Å². The summed E-state index contributed by atoms with van der Waals surface area (Å²) in [4.78, 5) is 0. The number of aliphatic hydroxyl groups is 1. The minimum atomic E-state index is -0.0772. The Bertz CT molecular complexity index is 116. The van der Waals surface area contributed by atoms with E-state index in [1.165, 1.54) is 25.7 Å². The quantitative estimate of drug-likeness (QED) is 0.617. The minimum absolute atomic E-state index is 0.0772. The van der Waals surface area contributed by atoms with Crippen LogP contribution in [0.5, 0.6) is 0 Å². The summed E-state index contributed by atoms with van der Waals surface area (Å²) in [6, 6.07) is 0.391. The fourth-order valence-corrected chi connectivity index (χ4v) is 1.84. The van der Waals surface area contributed by atoms with Crippen LogP contribution in [0.2, 0.25) is 0 Å². The zero-order valence-electron chi connectivity index (χ0n) is 8.05. The molecule has 0 amide bonds. The first-order valence-electron chi connectivity index (χ1n) is 5.26. The van der Waals surface area contributed by atoms with Gasteiger partial charge in [0.05, 0.1) is 6.10 Å². The smallest absolute Gasteiger partial charge is 0.0705 e. The third-order valence-corrected chi connectivity index (χ3v) is 2.68. The zero-order chi connectivity index (χ0) is 8.81. The number of unbranched alkanes of at least 4 members (excludes halogenated alkanes) is 3. The first-order chi connectivity index (χ1) is 5.84. The maximum atomic E-state index is 9.48.